The number of rotatable bonds is 9. The van der Waals surface area contributed by atoms with Gasteiger partial charge in [0.1, 0.15) is 5.75 Å². The van der Waals surface area contributed by atoms with Gasteiger partial charge in [-0.2, -0.15) is 0 Å². The van der Waals surface area contributed by atoms with E-state index in [0.29, 0.717) is 18.1 Å². The average molecular weight is 514 g/mol. The van der Waals surface area contributed by atoms with Crippen molar-refractivity contribution in [2.45, 2.75) is 45.5 Å². The Morgan fingerprint density at radius 2 is 1.86 bits per heavy atom. The fourth-order valence-electron chi connectivity index (χ4n) is 3.04. The van der Waals surface area contributed by atoms with Gasteiger partial charge in [-0.15, -0.1) is 37.1 Å². The second kappa shape index (κ2) is 13.1. The number of hydrogen-bond acceptors (Lipinski definition) is 3. The average Bonchev–Trinajstić information content (AvgIpc) is 3.12. The number of unbranched alkanes of at least 4 members (excludes halogenated alkanes) is 1. The van der Waals surface area contributed by atoms with E-state index in [1.807, 2.05) is 6.92 Å². The first-order valence-electron chi connectivity index (χ1n) is 9.56. The van der Waals surface area contributed by atoms with Crippen LogP contribution < -0.4 is 15.4 Å². The third-order valence-corrected chi connectivity index (χ3v) is 4.34. The predicted octanol–water partition coefficient (Wildman–Crippen LogP) is 4.13. The zero-order valence-electron chi connectivity index (χ0n) is 16.2. The van der Waals surface area contributed by atoms with Gasteiger partial charge in [-0.25, -0.2) is 4.99 Å². The SMILES string of the molecule is CCNC(=NCc1ccccc1OC(F)(F)F)NCCCCN1CCCC1.I. The van der Waals surface area contributed by atoms with E-state index in [1.165, 1.54) is 38.1 Å². The number of hydrogen-bond donors (Lipinski definition) is 2. The normalized spacial score (nSPS) is 15.2. The number of para-hydroxylation sites is 1. The van der Waals surface area contributed by atoms with E-state index in [-0.39, 0.29) is 36.3 Å². The highest BCUT2D eigenvalue weighted by molar-refractivity contribution is 14.0. The molecule has 0 unspecified atom stereocenters. The van der Waals surface area contributed by atoms with Crippen molar-refractivity contribution in [1.82, 2.24) is 15.5 Å². The third-order valence-electron chi connectivity index (χ3n) is 4.34. The summed E-state index contributed by atoms with van der Waals surface area (Å²) in [5.41, 5.74) is 0.390. The minimum Gasteiger partial charge on any atom is -0.405 e. The van der Waals surface area contributed by atoms with Crippen LogP contribution in [0.2, 0.25) is 0 Å². The van der Waals surface area contributed by atoms with Gasteiger partial charge in [0.25, 0.3) is 0 Å². The maximum atomic E-state index is 12.5. The number of likely N-dealkylation sites (tertiary alicyclic amines) is 1. The number of nitrogens with zero attached hydrogens (tertiary/aromatic N) is 2. The third kappa shape index (κ3) is 9.81. The molecule has 0 aromatic heterocycles. The molecule has 1 heterocycles. The van der Waals surface area contributed by atoms with E-state index in [4.69, 9.17) is 0 Å². The van der Waals surface area contributed by atoms with Crippen molar-refractivity contribution in [2.75, 3.05) is 32.7 Å². The first-order chi connectivity index (χ1) is 13.0. The van der Waals surface area contributed by atoms with Crippen LogP contribution in [0.15, 0.2) is 29.3 Å². The highest BCUT2D eigenvalue weighted by Crippen LogP contribution is 2.26. The highest BCUT2D eigenvalue weighted by Gasteiger charge is 2.31. The van der Waals surface area contributed by atoms with E-state index < -0.39 is 6.36 Å². The van der Waals surface area contributed by atoms with E-state index >= 15 is 0 Å². The molecule has 0 bridgehead atoms. The maximum Gasteiger partial charge on any atom is 0.573 e. The fraction of sp³-hybridized carbons (Fsp3) is 0.632. The summed E-state index contributed by atoms with van der Waals surface area (Å²) >= 11 is 0. The zero-order chi connectivity index (χ0) is 19.5. The molecule has 0 spiro atoms. The molecule has 0 atom stereocenters. The predicted molar refractivity (Wildman–Crippen MR) is 116 cm³/mol. The molecular weight excluding hydrogens is 484 g/mol. The van der Waals surface area contributed by atoms with Gasteiger partial charge in [0.15, 0.2) is 5.96 Å². The van der Waals surface area contributed by atoms with Gasteiger partial charge < -0.3 is 20.3 Å². The lowest BCUT2D eigenvalue weighted by molar-refractivity contribution is -0.274. The molecular formula is C19H30F3IN4O. The first-order valence-corrected chi connectivity index (χ1v) is 9.56. The minimum absolute atomic E-state index is 0. The molecule has 2 rings (SSSR count). The Hall–Kier alpha value is -1.23. The highest BCUT2D eigenvalue weighted by atomic mass is 127. The molecule has 0 radical (unpaired) electrons. The Labute approximate surface area is 182 Å². The molecule has 28 heavy (non-hydrogen) atoms. The molecule has 5 nitrogen and oxygen atoms in total. The maximum absolute atomic E-state index is 12.5. The molecule has 9 heteroatoms. The van der Waals surface area contributed by atoms with E-state index in [0.717, 1.165) is 25.9 Å². The van der Waals surface area contributed by atoms with Crippen molar-refractivity contribution in [2.24, 2.45) is 4.99 Å². The van der Waals surface area contributed by atoms with Gasteiger partial charge >= 0.3 is 6.36 Å². The van der Waals surface area contributed by atoms with Gasteiger partial charge in [-0.3, -0.25) is 0 Å². The molecule has 1 fully saturated rings. The summed E-state index contributed by atoms with van der Waals surface area (Å²) in [6.45, 7) is 7.05. The van der Waals surface area contributed by atoms with Crippen LogP contribution in [0.3, 0.4) is 0 Å². The van der Waals surface area contributed by atoms with Crippen LogP contribution in [-0.2, 0) is 6.54 Å². The topological polar surface area (TPSA) is 48.9 Å². The lowest BCUT2D eigenvalue weighted by Crippen LogP contribution is -2.38. The molecule has 1 aliphatic rings. The van der Waals surface area contributed by atoms with Crippen LogP contribution >= 0.6 is 24.0 Å². The van der Waals surface area contributed by atoms with E-state index in [9.17, 15) is 13.2 Å². The van der Waals surface area contributed by atoms with E-state index in [2.05, 4.69) is 25.3 Å². The van der Waals surface area contributed by atoms with Gasteiger partial charge in [-0.05, 0) is 58.3 Å². The van der Waals surface area contributed by atoms with Crippen molar-refractivity contribution in [3.8, 4) is 5.75 Å². The number of alkyl halides is 3. The molecule has 2 N–H and O–H groups in total. The number of halogens is 4. The van der Waals surface area contributed by atoms with Crippen LogP contribution in [0.1, 0.15) is 38.2 Å². The number of aliphatic imine (C=N–C) groups is 1. The standard InChI is InChI=1S/C19H29F3N4O.HI/c1-2-23-18(24-11-5-6-12-26-13-7-8-14-26)25-15-16-9-3-4-10-17(16)27-19(20,21)22;/h3-4,9-10H,2,5-8,11-15H2,1H3,(H2,23,24,25);1H. The summed E-state index contributed by atoms with van der Waals surface area (Å²) in [4.78, 5) is 6.87. The first kappa shape index (κ1) is 24.8. The second-order valence-electron chi connectivity index (χ2n) is 6.53. The Kier molecular flexibility index (Phi) is 11.6. The van der Waals surface area contributed by atoms with E-state index in [1.54, 1.807) is 12.1 Å². The molecule has 160 valence electrons. The van der Waals surface area contributed by atoms with Crippen LogP contribution in [0.4, 0.5) is 13.2 Å². The lowest BCUT2D eigenvalue weighted by Gasteiger charge is -2.15. The number of guanidine groups is 1. The Morgan fingerprint density at radius 3 is 2.54 bits per heavy atom. The molecule has 0 amide bonds. The summed E-state index contributed by atoms with van der Waals surface area (Å²) in [5, 5.41) is 6.36. The Morgan fingerprint density at radius 1 is 1.14 bits per heavy atom. The summed E-state index contributed by atoms with van der Waals surface area (Å²) in [5.74, 6) is 0.385. The summed E-state index contributed by atoms with van der Waals surface area (Å²) < 4.78 is 41.6. The molecule has 0 aliphatic carbocycles. The van der Waals surface area contributed by atoms with Crippen molar-refractivity contribution in [3.63, 3.8) is 0 Å². The van der Waals surface area contributed by atoms with Crippen molar-refractivity contribution in [3.05, 3.63) is 29.8 Å². The largest absolute Gasteiger partial charge is 0.573 e. The molecule has 0 saturated carbocycles. The van der Waals surface area contributed by atoms with Crippen molar-refractivity contribution < 1.29 is 17.9 Å². The number of benzene rings is 1. The second-order valence-corrected chi connectivity index (χ2v) is 6.53. The summed E-state index contributed by atoms with van der Waals surface area (Å²) in [6, 6.07) is 6.08. The van der Waals surface area contributed by atoms with Crippen LogP contribution in [-0.4, -0.2) is 49.9 Å². The van der Waals surface area contributed by atoms with Crippen LogP contribution in [0.25, 0.3) is 0 Å². The smallest absolute Gasteiger partial charge is 0.405 e. The number of ether oxygens (including phenoxy) is 1. The zero-order valence-corrected chi connectivity index (χ0v) is 18.6. The van der Waals surface area contributed by atoms with Crippen molar-refractivity contribution >= 4 is 29.9 Å². The molecule has 1 saturated heterocycles. The van der Waals surface area contributed by atoms with Gasteiger partial charge in [0.2, 0.25) is 0 Å². The molecule has 1 aliphatic heterocycles. The fourth-order valence-corrected chi connectivity index (χ4v) is 3.04. The molecule has 1 aromatic carbocycles. The monoisotopic (exact) mass is 514 g/mol. The van der Waals surface area contributed by atoms with Crippen LogP contribution in [0.5, 0.6) is 5.75 Å². The van der Waals surface area contributed by atoms with Crippen molar-refractivity contribution in [1.29, 1.82) is 0 Å². The minimum atomic E-state index is -4.71. The van der Waals surface area contributed by atoms with Crippen LogP contribution in [0, 0.1) is 0 Å². The van der Waals surface area contributed by atoms with Gasteiger partial charge in [0, 0.05) is 18.7 Å². The lowest BCUT2D eigenvalue weighted by atomic mass is 10.2. The van der Waals surface area contributed by atoms with Gasteiger partial charge in [0.05, 0.1) is 6.54 Å². The quantitative estimate of drug-likeness (QED) is 0.225. The van der Waals surface area contributed by atoms with Gasteiger partial charge in [-0.1, -0.05) is 18.2 Å². The Bertz CT molecular complexity index is 593. The Balaban J connectivity index is 0.00000392. The molecule has 1 aromatic rings. The summed E-state index contributed by atoms with van der Waals surface area (Å²) in [7, 11) is 0. The summed E-state index contributed by atoms with van der Waals surface area (Å²) in [6.07, 6.45) is 0.0330. The number of nitrogens with one attached hydrogen (secondary N) is 2.